The molecule has 0 spiro atoms. The minimum absolute atomic E-state index is 0.203. The summed E-state index contributed by atoms with van der Waals surface area (Å²) in [5, 5.41) is 0. The second-order valence-electron chi connectivity index (χ2n) is 4.80. The van der Waals surface area contributed by atoms with Crippen LogP contribution < -0.4 is 0 Å². The van der Waals surface area contributed by atoms with Crippen LogP contribution in [0.4, 0.5) is 0 Å². The standard InChI is InChI=1S/C18H19NO2S/c1-21-18(20)13-12-16(14-15-8-4-2-5-9-15)19-22-17-10-6-3-7-11-17/h2-11H,12-14H2,1H3/b19-16+. The lowest BCUT2D eigenvalue weighted by atomic mass is 10.1. The fraction of sp³-hybridized carbons (Fsp3) is 0.222. The molecule has 0 radical (unpaired) electrons. The Balaban J connectivity index is 2.04. The van der Waals surface area contributed by atoms with Crippen LogP contribution in [0, 0.1) is 0 Å². The molecule has 0 aliphatic carbocycles. The number of benzene rings is 2. The van der Waals surface area contributed by atoms with E-state index in [0.29, 0.717) is 12.8 Å². The van der Waals surface area contributed by atoms with E-state index in [1.54, 1.807) is 0 Å². The first-order valence-corrected chi connectivity index (χ1v) is 7.94. The van der Waals surface area contributed by atoms with Gasteiger partial charge in [-0.15, -0.1) is 0 Å². The largest absolute Gasteiger partial charge is 0.469 e. The highest BCUT2D eigenvalue weighted by Crippen LogP contribution is 2.20. The summed E-state index contributed by atoms with van der Waals surface area (Å²) in [5.41, 5.74) is 2.19. The molecule has 0 aromatic heterocycles. The normalized spacial score (nSPS) is 11.2. The maximum Gasteiger partial charge on any atom is 0.305 e. The third-order valence-electron chi connectivity index (χ3n) is 3.12. The summed E-state index contributed by atoms with van der Waals surface area (Å²) in [6.45, 7) is 0. The molecule has 0 unspecified atom stereocenters. The Morgan fingerprint density at radius 1 is 1.00 bits per heavy atom. The molecular formula is C18H19NO2S. The van der Waals surface area contributed by atoms with E-state index in [1.165, 1.54) is 24.6 Å². The monoisotopic (exact) mass is 313 g/mol. The van der Waals surface area contributed by atoms with Crippen LogP contribution in [0.5, 0.6) is 0 Å². The molecule has 2 rings (SSSR count). The number of hydrogen-bond acceptors (Lipinski definition) is 4. The molecular weight excluding hydrogens is 294 g/mol. The van der Waals surface area contributed by atoms with Gasteiger partial charge in [0.1, 0.15) is 0 Å². The molecule has 2 aromatic carbocycles. The fourth-order valence-corrected chi connectivity index (χ4v) is 2.61. The minimum atomic E-state index is -0.203. The predicted octanol–water partition coefficient (Wildman–Crippen LogP) is 4.33. The van der Waals surface area contributed by atoms with Crippen LogP contribution in [0.25, 0.3) is 0 Å². The Bertz CT molecular complexity index is 611. The third kappa shape index (κ3) is 5.74. The van der Waals surface area contributed by atoms with Crippen LogP contribution in [0.2, 0.25) is 0 Å². The first-order chi connectivity index (χ1) is 10.8. The molecule has 22 heavy (non-hydrogen) atoms. The molecule has 0 bridgehead atoms. The van der Waals surface area contributed by atoms with Gasteiger partial charge in [-0.25, -0.2) is 4.40 Å². The van der Waals surface area contributed by atoms with Gasteiger partial charge in [0, 0.05) is 29.0 Å². The molecule has 0 aliphatic heterocycles. The first kappa shape index (κ1) is 16.3. The minimum Gasteiger partial charge on any atom is -0.469 e. The van der Waals surface area contributed by atoms with Gasteiger partial charge in [-0.2, -0.15) is 0 Å². The summed E-state index contributed by atoms with van der Waals surface area (Å²) < 4.78 is 9.33. The van der Waals surface area contributed by atoms with Crippen molar-refractivity contribution in [1.82, 2.24) is 0 Å². The third-order valence-corrected chi connectivity index (χ3v) is 3.95. The van der Waals surface area contributed by atoms with Gasteiger partial charge >= 0.3 is 5.97 Å². The number of rotatable bonds is 7. The SMILES string of the molecule is COC(=O)CC/C(Cc1ccccc1)=N\Sc1ccccc1. The van der Waals surface area contributed by atoms with E-state index in [-0.39, 0.29) is 5.97 Å². The number of nitrogens with zero attached hydrogens (tertiary/aromatic N) is 1. The number of methoxy groups -OCH3 is 1. The molecule has 3 nitrogen and oxygen atoms in total. The van der Waals surface area contributed by atoms with Gasteiger partial charge in [-0.3, -0.25) is 4.79 Å². The molecule has 0 amide bonds. The summed E-state index contributed by atoms with van der Waals surface area (Å²) in [5.74, 6) is -0.203. The van der Waals surface area contributed by atoms with E-state index in [4.69, 9.17) is 4.74 Å². The van der Waals surface area contributed by atoms with Crippen LogP contribution in [0.3, 0.4) is 0 Å². The molecule has 0 heterocycles. The van der Waals surface area contributed by atoms with Gasteiger partial charge in [0.25, 0.3) is 0 Å². The summed E-state index contributed by atoms with van der Waals surface area (Å²) >= 11 is 1.44. The predicted molar refractivity (Wildman–Crippen MR) is 91.1 cm³/mol. The second-order valence-corrected chi connectivity index (χ2v) is 5.64. The van der Waals surface area contributed by atoms with Crippen LogP contribution in [-0.2, 0) is 16.0 Å². The average molecular weight is 313 g/mol. The van der Waals surface area contributed by atoms with Crippen LogP contribution >= 0.6 is 11.9 Å². The number of esters is 1. The van der Waals surface area contributed by atoms with Crippen molar-refractivity contribution in [3.63, 3.8) is 0 Å². The molecule has 0 aliphatic rings. The maximum atomic E-state index is 11.4. The average Bonchev–Trinajstić information content (AvgIpc) is 2.58. The van der Waals surface area contributed by atoms with Crippen molar-refractivity contribution >= 4 is 23.6 Å². The van der Waals surface area contributed by atoms with E-state index in [0.717, 1.165) is 17.0 Å². The van der Waals surface area contributed by atoms with Crippen LogP contribution in [-0.4, -0.2) is 18.8 Å². The van der Waals surface area contributed by atoms with Gasteiger partial charge < -0.3 is 4.74 Å². The number of ether oxygens (including phenoxy) is 1. The van der Waals surface area contributed by atoms with Crippen molar-refractivity contribution in [1.29, 1.82) is 0 Å². The molecule has 0 atom stereocenters. The quantitative estimate of drug-likeness (QED) is 0.434. The molecule has 4 heteroatoms. The second kappa shape index (κ2) is 9.05. The first-order valence-electron chi connectivity index (χ1n) is 7.16. The van der Waals surface area contributed by atoms with Crippen molar-refractivity contribution in [3.8, 4) is 0 Å². The van der Waals surface area contributed by atoms with Gasteiger partial charge in [-0.05, 0) is 24.1 Å². The molecule has 2 aromatic rings. The highest BCUT2D eigenvalue weighted by atomic mass is 32.2. The Kier molecular flexibility index (Phi) is 6.71. The van der Waals surface area contributed by atoms with E-state index >= 15 is 0 Å². The Morgan fingerprint density at radius 3 is 2.27 bits per heavy atom. The number of carbonyl (C=O) groups is 1. The van der Waals surface area contributed by atoms with E-state index in [2.05, 4.69) is 16.5 Å². The Hall–Kier alpha value is -2.07. The lowest BCUT2D eigenvalue weighted by Gasteiger charge is -2.06. The number of hydrogen-bond donors (Lipinski definition) is 0. The highest BCUT2D eigenvalue weighted by Gasteiger charge is 2.07. The van der Waals surface area contributed by atoms with E-state index < -0.39 is 0 Å². The lowest BCUT2D eigenvalue weighted by Crippen LogP contribution is -2.08. The Labute approximate surface area is 135 Å². The zero-order valence-electron chi connectivity index (χ0n) is 12.6. The van der Waals surface area contributed by atoms with Crippen LogP contribution in [0.15, 0.2) is 70.0 Å². The van der Waals surface area contributed by atoms with Crippen molar-refractivity contribution in [2.45, 2.75) is 24.2 Å². The van der Waals surface area contributed by atoms with Crippen molar-refractivity contribution in [2.24, 2.45) is 4.40 Å². The lowest BCUT2D eigenvalue weighted by molar-refractivity contribution is -0.140. The summed E-state index contributed by atoms with van der Waals surface area (Å²) in [4.78, 5) is 12.4. The topological polar surface area (TPSA) is 38.7 Å². The summed E-state index contributed by atoms with van der Waals surface area (Å²) in [6, 6.07) is 20.2. The van der Waals surface area contributed by atoms with E-state index in [1.807, 2.05) is 48.5 Å². The zero-order chi connectivity index (χ0) is 15.6. The molecule has 114 valence electrons. The maximum absolute atomic E-state index is 11.4. The van der Waals surface area contributed by atoms with E-state index in [9.17, 15) is 4.79 Å². The number of carbonyl (C=O) groups excluding carboxylic acids is 1. The van der Waals surface area contributed by atoms with Crippen molar-refractivity contribution in [2.75, 3.05) is 7.11 Å². The zero-order valence-corrected chi connectivity index (χ0v) is 13.4. The molecule has 0 saturated heterocycles. The smallest absolute Gasteiger partial charge is 0.305 e. The van der Waals surface area contributed by atoms with Gasteiger partial charge in [0.05, 0.1) is 13.5 Å². The van der Waals surface area contributed by atoms with Gasteiger partial charge in [-0.1, -0.05) is 48.5 Å². The Morgan fingerprint density at radius 2 is 1.64 bits per heavy atom. The molecule has 0 fully saturated rings. The summed E-state index contributed by atoms with van der Waals surface area (Å²) in [6.07, 6.45) is 1.72. The van der Waals surface area contributed by atoms with Crippen molar-refractivity contribution < 1.29 is 9.53 Å². The van der Waals surface area contributed by atoms with Gasteiger partial charge in [0.2, 0.25) is 0 Å². The fourth-order valence-electron chi connectivity index (χ4n) is 1.94. The molecule has 0 saturated carbocycles. The molecule has 0 N–H and O–H groups in total. The van der Waals surface area contributed by atoms with Crippen LogP contribution in [0.1, 0.15) is 18.4 Å². The van der Waals surface area contributed by atoms with Crippen molar-refractivity contribution in [3.05, 3.63) is 66.2 Å². The van der Waals surface area contributed by atoms with Gasteiger partial charge in [0.15, 0.2) is 0 Å². The summed E-state index contributed by atoms with van der Waals surface area (Å²) in [7, 11) is 1.41. The highest BCUT2D eigenvalue weighted by molar-refractivity contribution is 7.98.